The minimum Gasteiger partial charge on any atom is -0.396 e. The molecule has 0 amide bonds. The number of thioether (sulfide) groups is 1. The van der Waals surface area contributed by atoms with Gasteiger partial charge >= 0.3 is 0 Å². The maximum atomic E-state index is 12.0. The van der Waals surface area contributed by atoms with E-state index in [1.807, 2.05) is 18.7 Å². The average Bonchev–Trinajstić information content (AvgIpc) is 2.29. The topological polar surface area (TPSA) is 57.6 Å². The van der Waals surface area contributed by atoms with Gasteiger partial charge in [0.1, 0.15) is 5.37 Å². The van der Waals surface area contributed by atoms with Crippen molar-refractivity contribution in [1.29, 1.82) is 0 Å². The van der Waals surface area contributed by atoms with Gasteiger partial charge in [-0.2, -0.15) is 11.8 Å². The van der Waals surface area contributed by atoms with Crippen LogP contribution in [-0.4, -0.2) is 60.8 Å². The average molecular weight is 281 g/mol. The van der Waals surface area contributed by atoms with Crippen LogP contribution in [0.15, 0.2) is 0 Å². The van der Waals surface area contributed by atoms with Crippen LogP contribution in [-0.2, 0) is 9.84 Å². The molecule has 17 heavy (non-hydrogen) atoms. The first-order valence-corrected chi connectivity index (χ1v) is 8.83. The summed E-state index contributed by atoms with van der Waals surface area (Å²) in [7, 11) is -3.03. The molecule has 4 nitrogen and oxygen atoms in total. The van der Waals surface area contributed by atoms with Crippen molar-refractivity contribution >= 4 is 21.6 Å². The Balaban J connectivity index is 2.80. The highest BCUT2D eigenvalue weighted by molar-refractivity contribution is 8.01. The third-order valence-electron chi connectivity index (χ3n) is 3.07. The summed E-state index contributed by atoms with van der Waals surface area (Å²) < 4.78 is 24.0. The Hall–Kier alpha value is 0.220. The van der Waals surface area contributed by atoms with Gasteiger partial charge in [0, 0.05) is 42.4 Å². The predicted octanol–water partition coefficient (Wildman–Crippen LogP) is 0.814. The second-order valence-corrected chi connectivity index (χ2v) is 8.87. The molecule has 0 aromatic carbocycles. The zero-order valence-electron chi connectivity index (χ0n) is 10.8. The molecule has 1 saturated heterocycles. The molecule has 102 valence electrons. The fourth-order valence-corrected chi connectivity index (χ4v) is 5.00. The van der Waals surface area contributed by atoms with Crippen LogP contribution in [0.2, 0.25) is 0 Å². The van der Waals surface area contributed by atoms with Crippen molar-refractivity contribution in [3.8, 4) is 0 Å². The maximum Gasteiger partial charge on any atom is 0.166 e. The molecule has 1 heterocycles. The van der Waals surface area contributed by atoms with Crippen molar-refractivity contribution in [2.45, 2.75) is 26.1 Å². The fourth-order valence-electron chi connectivity index (χ4n) is 1.92. The van der Waals surface area contributed by atoms with Gasteiger partial charge < -0.3 is 5.11 Å². The highest BCUT2D eigenvalue weighted by Crippen LogP contribution is 2.25. The Morgan fingerprint density at radius 1 is 1.47 bits per heavy atom. The van der Waals surface area contributed by atoms with E-state index in [9.17, 15) is 13.5 Å². The lowest BCUT2D eigenvalue weighted by molar-refractivity contribution is 0.101. The quantitative estimate of drug-likeness (QED) is 0.808. The standard InChI is InChI=1S/C11H23NO3S2/c1-4-17(14,15)10-7-16-6-5-12(10)8-11(2,3)9-13/h10,13H,4-9H2,1-3H3. The molecule has 6 heteroatoms. The van der Waals surface area contributed by atoms with Gasteiger partial charge in [0.05, 0.1) is 0 Å². The van der Waals surface area contributed by atoms with Gasteiger partial charge in [-0.1, -0.05) is 20.8 Å². The van der Waals surface area contributed by atoms with Crippen LogP contribution in [0.3, 0.4) is 0 Å². The molecule has 1 N–H and O–H groups in total. The summed E-state index contributed by atoms with van der Waals surface area (Å²) in [4.78, 5) is 2.02. The van der Waals surface area contributed by atoms with E-state index in [0.29, 0.717) is 12.3 Å². The summed E-state index contributed by atoms with van der Waals surface area (Å²) in [5.41, 5.74) is -0.247. The van der Waals surface area contributed by atoms with Gasteiger partial charge in [0.25, 0.3) is 0 Å². The van der Waals surface area contributed by atoms with Crippen LogP contribution < -0.4 is 0 Å². The summed E-state index contributed by atoms with van der Waals surface area (Å²) >= 11 is 1.70. The SMILES string of the molecule is CCS(=O)(=O)C1CSCCN1CC(C)(C)CO. The predicted molar refractivity (Wildman–Crippen MR) is 73.0 cm³/mol. The lowest BCUT2D eigenvalue weighted by Crippen LogP contribution is -2.51. The molecule has 1 aliphatic heterocycles. The van der Waals surface area contributed by atoms with E-state index in [4.69, 9.17) is 0 Å². The summed E-state index contributed by atoms with van der Waals surface area (Å²) in [6, 6.07) is 0. The molecular weight excluding hydrogens is 258 g/mol. The fraction of sp³-hybridized carbons (Fsp3) is 1.00. The number of sulfone groups is 1. The second kappa shape index (κ2) is 5.91. The van der Waals surface area contributed by atoms with Crippen molar-refractivity contribution in [1.82, 2.24) is 4.90 Å². The first-order valence-electron chi connectivity index (χ1n) is 5.96. The number of nitrogens with zero attached hydrogens (tertiary/aromatic N) is 1. The summed E-state index contributed by atoms with van der Waals surface area (Å²) in [5.74, 6) is 1.81. The molecule has 0 aromatic heterocycles. The van der Waals surface area contributed by atoms with Gasteiger partial charge in [-0.3, -0.25) is 4.90 Å². The van der Waals surface area contributed by atoms with Crippen LogP contribution in [0, 0.1) is 5.41 Å². The zero-order valence-corrected chi connectivity index (χ0v) is 12.5. The van der Waals surface area contributed by atoms with E-state index >= 15 is 0 Å². The Morgan fingerprint density at radius 2 is 2.12 bits per heavy atom. The van der Waals surface area contributed by atoms with E-state index in [0.717, 1.165) is 12.3 Å². The molecule has 1 atom stereocenters. The molecule has 0 radical (unpaired) electrons. The van der Waals surface area contributed by atoms with E-state index in [1.165, 1.54) is 0 Å². The van der Waals surface area contributed by atoms with E-state index in [2.05, 4.69) is 0 Å². The van der Waals surface area contributed by atoms with Crippen molar-refractivity contribution < 1.29 is 13.5 Å². The van der Waals surface area contributed by atoms with Gasteiger partial charge in [0.15, 0.2) is 9.84 Å². The molecule has 0 bridgehead atoms. The molecular formula is C11H23NO3S2. The molecule has 1 unspecified atom stereocenters. The number of rotatable bonds is 5. The van der Waals surface area contributed by atoms with Gasteiger partial charge in [-0.15, -0.1) is 0 Å². The third kappa shape index (κ3) is 4.12. The first-order chi connectivity index (χ1) is 7.82. The Bertz CT molecular complexity index is 341. The number of hydrogen-bond acceptors (Lipinski definition) is 5. The van der Waals surface area contributed by atoms with Crippen molar-refractivity contribution in [2.24, 2.45) is 5.41 Å². The molecule has 0 aliphatic carbocycles. The Morgan fingerprint density at radius 3 is 2.65 bits per heavy atom. The zero-order chi connectivity index (χ0) is 13.1. The highest BCUT2D eigenvalue weighted by Gasteiger charge is 2.35. The van der Waals surface area contributed by atoms with E-state index in [-0.39, 0.29) is 23.1 Å². The van der Waals surface area contributed by atoms with Crippen LogP contribution in [0.5, 0.6) is 0 Å². The molecule has 0 saturated carbocycles. The maximum absolute atomic E-state index is 12.0. The summed E-state index contributed by atoms with van der Waals surface area (Å²) in [6.45, 7) is 7.13. The Kier molecular flexibility index (Phi) is 5.31. The number of hydrogen-bond donors (Lipinski definition) is 1. The smallest absolute Gasteiger partial charge is 0.166 e. The van der Waals surface area contributed by atoms with Crippen molar-refractivity contribution in [3.63, 3.8) is 0 Å². The van der Waals surface area contributed by atoms with E-state index < -0.39 is 9.84 Å². The summed E-state index contributed by atoms with van der Waals surface area (Å²) in [5, 5.41) is 8.91. The summed E-state index contributed by atoms with van der Waals surface area (Å²) in [6.07, 6.45) is 0. The van der Waals surface area contributed by atoms with Crippen molar-refractivity contribution in [2.75, 3.05) is 37.0 Å². The normalized spacial score (nSPS) is 23.9. The minimum atomic E-state index is -3.03. The number of aliphatic hydroxyl groups excluding tert-OH is 1. The molecule has 1 fully saturated rings. The van der Waals surface area contributed by atoms with Gasteiger partial charge in [0.2, 0.25) is 0 Å². The highest BCUT2D eigenvalue weighted by atomic mass is 32.2. The van der Waals surface area contributed by atoms with Gasteiger partial charge in [-0.05, 0) is 0 Å². The number of aliphatic hydroxyl groups is 1. The monoisotopic (exact) mass is 281 g/mol. The first kappa shape index (κ1) is 15.3. The Labute approximate surface area is 109 Å². The lowest BCUT2D eigenvalue weighted by atomic mass is 9.94. The second-order valence-electron chi connectivity index (χ2n) is 5.27. The minimum absolute atomic E-state index is 0.0789. The largest absolute Gasteiger partial charge is 0.396 e. The van der Waals surface area contributed by atoms with Crippen LogP contribution >= 0.6 is 11.8 Å². The van der Waals surface area contributed by atoms with Crippen molar-refractivity contribution in [3.05, 3.63) is 0 Å². The van der Waals surface area contributed by atoms with E-state index in [1.54, 1.807) is 18.7 Å². The molecule has 1 aliphatic rings. The third-order valence-corrected chi connectivity index (χ3v) is 6.40. The van der Waals surface area contributed by atoms with Crippen LogP contribution in [0.4, 0.5) is 0 Å². The van der Waals surface area contributed by atoms with Crippen LogP contribution in [0.25, 0.3) is 0 Å². The molecule has 1 rings (SSSR count). The molecule has 0 aromatic rings. The van der Waals surface area contributed by atoms with Gasteiger partial charge in [-0.25, -0.2) is 8.42 Å². The van der Waals surface area contributed by atoms with Crippen LogP contribution in [0.1, 0.15) is 20.8 Å². The molecule has 0 spiro atoms. The lowest BCUT2D eigenvalue weighted by Gasteiger charge is -2.39.